The summed E-state index contributed by atoms with van der Waals surface area (Å²) in [6.07, 6.45) is 3.55. The smallest absolute Gasteiger partial charge is 0.314 e. The van der Waals surface area contributed by atoms with Crippen molar-refractivity contribution in [3.8, 4) is 0 Å². The largest absolute Gasteiger partial charge is 0.481 e. The summed E-state index contributed by atoms with van der Waals surface area (Å²) in [5.41, 5.74) is 0. The average molecular weight is 302 g/mol. The van der Waals surface area contributed by atoms with Gasteiger partial charge in [-0.15, -0.1) is 0 Å². The summed E-state index contributed by atoms with van der Waals surface area (Å²) in [5.74, 6) is -1.06. The van der Waals surface area contributed by atoms with Crippen LogP contribution >= 0.6 is 0 Å². The zero-order chi connectivity index (χ0) is 15.5. The van der Waals surface area contributed by atoms with Crippen molar-refractivity contribution in [1.82, 2.24) is 10.6 Å². The second-order valence-electron chi connectivity index (χ2n) is 5.23. The number of rotatable bonds is 9. The molecule has 0 aromatic rings. The maximum absolute atomic E-state index is 11.6. The molecule has 0 aliphatic heterocycles. The van der Waals surface area contributed by atoms with Crippen molar-refractivity contribution in [2.24, 2.45) is 11.8 Å². The van der Waals surface area contributed by atoms with Gasteiger partial charge in [-0.3, -0.25) is 4.79 Å². The Morgan fingerprint density at radius 3 is 2.62 bits per heavy atom. The second kappa shape index (κ2) is 10.4. The summed E-state index contributed by atoms with van der Waals surface area (Å²) in [6, 6.07) is -0.278. The van der Waals surface area contributed by atoms with Gasteiger partial charge < -0.3 is 25.2 Å². The number of carboxylic acids is 1. The third-order valence-corrected chi connectivity index (χ3v) is 3.71. The van der Waals surface area contributed by atoms with Gasteiger partial charge in [-0.2, -0.15) is 0 Å². The highest BCUT2D eigenvalue weighted by molar-refractivity contribution is 5.74. The molecule has 0 aromatic heterocycles. The van der Waals surface area contributed by atoms with Gasteiger partial charge in [-0.1, -0.05) is 12.8 Å². The summed E-state index contributed by atoms with van der Waals surface area (Å²) in [5, 5.41) is 14.6. The zero-order valence-electron chi connectivity index (χ0n) is 12.6. The lowest BCUT2D eigenvalue weighted by molar-refractivity contribution is -0.144. The number of urea groups is 1. The van der Waals surface area contributed by atoms with Gasteiger partial charge in [-0.25, -0.2) is 4.79 Å². The van der Waals surface area contributed by atoms with E-state index in [2.05, 4.69) is 10.6 Å². The van der Waals surface area contributed by atoms with Crippen molar-refractivity contribution < 1.29 is 24.2 Å². The molecule has 0 aromatic carbocycles. The molecule has 7 nitrogen and oxygen atoms in total. The Hall–Kier alpha value is -1.34. The Labute approximate surface area is 125 Å². The third-order valence-electron chi connectivity index (χ3n) is 3.71. The van der Waals surface area contributed by atoms with Crippen molar-refractivity contribution in [3.05, 3.63) is 0 Å². The van der Waals surface area contributed by atoms with Gasteiger partial charge in [0.1, 0.15) is 0 Å². The van der Waals surface area contributed by atoms with Gasteiger partial charge in [0.15, 0.2) is 0 Å². The van der Waals surface area contributed by atoms with Crippen LogP contribution in [0.2, 0.25) is 0 Å². The summed E-state index contributed by atoms with van der Waals surface area (Å²) in [4.78, 5) is 22.8. The summed E-state index contributed by atoms with van der Waals surface area (Å²) in [7, 11) is 1.60. The quantitative estimate of drug-likeness (QED) is 0.548. The first-order valence-corrected chi connectivity index (χ1v) is 7.46. The molecule has 1 aliphatic rings. The first-order valence-electron chi connectivity index (χ1n) is 7.46. The van der Waals surface area contributed by atoms with Crippen molar-refractivity contribution >= 4 is 12.0 Å². The van der Waals surface area contributed by atoms with Crippen LogP contribution in [0.25, 0.3) is 0 Å². The van der Waals surface area contributed by atoms with Crippen molar-refractivity contribution in [2.75, 3.05) is 40.0 Å². The number of methoxy groups -OCH3 is 1. The number of carbonyl (C=O) groups excluding carboxylic acids is 1. The lowest BCUT2D eigenvalue weighted by atomic mass is 9.79. The van der Waals surface area contributed by atoms with E-state index in [0.717, 1.165) is 19.3 Å². The lowest BCUT2D eigenvalue weighted by Crippen LogP contribution is -2.42. The number of hydrogen-bond donors (Lipinski definition) is 3. The molecule has 2 amide bonds. The topological polar surface area (TPSA) is 96.9 Å². The van der Waals surface area contributed by atoms with Gasteiger partial charge in [0.2, 0.25) is 0 Å². The van der Waals surface area contributed by atoms with E-state index in [-0.39, 0.29) is 17.9 Å². The van der Waals surface area contributed by atoms with Crippen LogP contribution < -0.4 is 10.6 Å². The minimum Gasteiger partial charge on any atom is -0.481 e. The molecule has 0 heterocycles. The number of aliphatic carboxylic acids is 1. The van der Waals surface area contributed by atoms with Crippen LogP contribution in [-0.2, 0) is 14.3 Å². The van der Waals surface area contributed by atoms with Crippen LogP contribution in [-0.4, -0.2) is 57.1 Å². The molecular weight excluding hydrogens is 276 g/mol. The molecular formula is C14H26N2O5. The highest BCUT2D eigenvalue weighted by Gasteiger charge is 2.30. The molecule has 1 saturated carbocycles. The number of amides is 2. The molecule has 2 atom stereocenters. The average Bonchev–Trinajstić information content (AvgIpc) is 2.49. The number of nitrogens with one attached hydrogen (secondary N) is 2. The fourth-order valence-electron chi connectivity index (χ4n) is 2.54. The van der Waals surface area contributed by atoms with Crippen LogP contribution in [0.3, 0.4) is 0 Å². The summed E-state index contributed by atoms with van der Waals surface area (Å²) in [6.45, 7) is 2.29. The normalized spacial score (nSPS) is 21.8. The van der Waals surface area contributed by atoms with Crippen LogP contribution in [0.15, 0.2) is 0 Å². The molecule has 1 aliphatic carbocycles. The van der Waals surface area contributed by atoms with Gasteiger partial charge in [0.25, 0.3) is 0 Å². The van der Waals surface area contributed by atoms with Gasteiger partial charge in [0, 0.05) is 20.2 Å². The van der Waals surface area contributed by atoms with E-state index in [1.807, 2.05) is 0 Å². The predicted molar refractivity (Wildman–Crippen MR) is 77.2 cm³/mol. The van der Waals surface area contributed by atoms with Crippen molar-refractivity contribution in [3.63, 3.8) is 0 Å². The first kappa shape index (κ1) is 17.7. The summed E-state index contributed by atoms with van der Waals surface area (Å²) >= 11 is 0. The first-order chi connectivity index (χ1) is 10.1. The van der Waals surface area contributed by atoms with Gasteiger partial charge >= 0.3 is 12.0 Å². The Morgan fingerprint density at radius 2 is 1.90 bits per heavy atom. The van der Waals surface area contributed by atoms with E-state index in [4.69, 9.17) is 14.6 Å². The SMILES string of the molecule is COCCOCCNC(=O)NCC1CCCCC1C(=O)O. The Kier molecular flexibility index (Phi) is 8.77. The van der Waals surface area contributed by atoms with E-state index in [9.17, 15) is 9.59 Å². The maximum Gasteiger partial charge on any atom is 0.314 e. The number of carbonyl (C=O) groups is 2. The zero-order valence-corrected chi connectivity index (χ0v) is 12.6. The van der Waals surface area contributed by atoms with E-state index in [1.54, 1.807) is 7.11 Å². The minimum atomic E-state index is -0.756. The fourth-order valence-corrected chi connectivity index (χ4v) is 2.54. The molecule has 1 fully saturated rings. The van der Waals surface area contributed by atoms with E-state index >= 15 is 0 Å². The number of hydrogen-bond acceptors (Lipinski definition) is 4. The molecule has 7 heteroatoms. The molecule has 21 heavy (non-hydrogen) atoms. The standard InChI is InChI=1S/C14H26N2O5/c1-20-8-9-21-7-6-15-14(19)16-10-11-4-2-3-5-12(11)13(17)18/h11-12H,2-10H2,1H3,(H,17,18)(H2,15,16,19). The monoisotopic (exact) mass is 302 g/mol. The predicted octanol–water partition coefficient (Wildman–Crippen LogP) is 0.840. The molecule has 0 bridgehead atoms. The summed E-state index contributed by atoms with van der Waals surface area (Å²) < 4.78 is 10.1. The molecule has 0 spiro atoms. The van der Waals surface area contributed by atoms with Crippen LogP contribution in [0, 0.1) is 11.8 Å². The fraction of sp³-hybridized carbons (Fsp3) is 0.857. The molecule has 0 saturated heterocycles. The third kappa shape index (κ3) is 7.29. The maximum atomic E-state index is 11.6. The molecule has 0 radical (unpaired) electrons. The van der Waals surface area contributed by atoms with Crippen LogP contribution in [0.4, 0.5) is 4.79 Å². The Morgan fingerprint density at radius 1 is 1.14 bits per heavy atom. The van der Waals surface area contributed by atoms with Crippen LogP contribution in [0.1, 0.15) is 25.7 Å². The highest BCUT2D eigenvalue weighted by Crippen LogP contribution is 2.29. The Bertz CT molecular complexity index is 324. The van der Waals surface area contributed by atoms with Crippen molar-refractivity contribution in [1.29, 1.82) is 0 Å². The lowest BCUT2D eigenvalue weighted by Gasteiger charge is -2.28. The molecule has 2 unspecified atom stereocenters. The van der Waals surface area contributed by atoms with E-state index in [1.165, 1.54) is 0 Å². The van der Waals surface area contributed by atoms with Crippen LogP contribution in [0.5, 0.6) is 0 Å². The number of carboxylic acid groups (broad SMARTS) is 1. The van der Waals surface area contributed by atoms with E-state index in [0.29, 0.717) is 39.3 Å². The Balaban J connectivity index is 2.12. The highest BCUT2D eigenvalue weighted by atomic mass is 16.5. The second-order valence-corrected chi connectivity index (χ2v) is 5.23. The minimum absolute atomic E-state index is 0.0277. The number of ether oxygens (including phenoxy) is 2. The van der Waals surface area contributed by atoms with Gasteiger partial charge in [-0.05, 0) is 18.8 Å². The van der Waals surface area contributed by atoms with Gasteiger partial charge in [0.05, 0.1) is 25.7 Å². The molecule has 3 N–H and O–H groups in total. The molecule has 122 valence electrons. The van der Waals surface area contributed by atoms with E-state index < -0.39 is 5.97 Å². The molecule has 1 rings (SSSR count). The van der Waals surface area contributed by atoms with Crippen molar-refractivity contribution in [2.45, 2.75) is 25.7 Å².